The van der Waals surface area contributed by atoms with Crippen LogP contribution in [0.3, 0.4) is 0 Å². The molecular weight excluding hydrogens is 294 g/mol. The van der Waals surface area contributed by atoms with E-state index in [1.165, 1.54) is 0 Å². The fraction of sp³-hybridized carbons (Fsp3) is 0.429. The molecule has 6 nitrogen and oxygen atoms in total. The Hall–Kier alpha value is -1.63. The fourth-order valence-corrected chi connectivity index (χ4v) is 1.55. The lowest BCUT2D eigenvalue weighted by atomic mass is 10.2. The van der Waals surface area contributed by atoms with Gasteiger partial charge in [0.1, 0.15) is 0 Å². The second-order valence-electron chi connectivity index (χ2n) is 4.45. The number of hydrogen-bond donors (Lipinski definition) is 3. The minimum absolute atomic E-state index is 0. The highest BCUT2D eigenvalue weighted by Crippen LogP contribution is 2.00. The first-order valence-corrected chi connectivity index (χ1v) is 6.49. The summed E-state index contributed by atoms with van der Waals surface area (Å²) >= 11 is 0. The third kappa shape index (κ3) is 9.01. The van der Waals surface area contributed by atoms with E-state index in [9.17, 15) is 9.59 Å². The summed E-state index contributed by atoms with van der Waals surface area (Å²) in [5.74, 6) is -0.615. The number of nitrogens with two attached hydrogens (primary N) is 1. The van der Waals surface area contributed by atoms with Crippen molar-refractivity contribution in [2.75, 3.05) is 19.7 Å². The zero-order valence-electron chi connectivity index (χ0n) is 12.0. The molecule has 4 N–H and O–H groups in total. The minimum atomic E-state index is -0.354. The quantitative estimate of drug-likeness (QED) is 0.639. The van der Waals surface area contributed by atoms with Crippen LogP contribution in [0.2, 0.25) is 0 Å². The lowest BCUT2D eigenvalue weighted by Gasteiger charge is -2.14. The highest BCUT2D eigenvalue weighted by Gasteiger charge is 2.08. The van der Waals surface area contributed by atoms with Gasteiger partial charge in [0.15, 0.2) is 0 Å². The zero-order valence-corrected chi connectivity index (χ0v) is 12.8. The maximum Gasteiger partial charge on any atom is 0.239 e. The molecule has 1 aromatic carbocycles. The monoisotopic (exact) mass is 315 g/mol. The molecular formula is C14H22ClN3O3. The SMILES string of the molecule is CC(COCc1ccccc1)NC(=O)CNC(=O)CN.Cl. The van der Waals surface area contributed by atoms with Crippen LogP contribution in [0.15, 0.2) is 30.3 Å². The van der Waals surface area contributed by atoms with Crippen molar-refractivity contribution < 1.29 is 14.3 Å². The molecule has 0 fully saturated rings. The molecule has 0 heterocycles. The molecule has 0 spiro atoms. The van der Waals surface area contributed by atoms with E-state index in [0.29, 0.717) is 13.2 Å². The van der Waals surface area contributed by atoms with Gasteiger partial charge in [0.25, 0.3) is 0 Å². The van der Waals surface area contributed by atoms with Crippen molar-refractivity contribution in [1.29, 1.82) is 0 Å². The summed E-state index contributed by atoms with van der Waals surface area (Å²) in [7, 11) is 0. The Morgan fingerprint density at radius 1 is 1.24 bits per heavy atom. The highest BCUT2D eigenvalue weighted by molar-refractivity contribution is 5.85. The molecule has 21 heavy (non-hydrogen) atoms. The standard InChI is InChI=1S/C14H21N3O3.ClH/c1-11(17-14(19)8-16-13(18)7-15)9-20-10-12-5-3-2-4-6-12;/h2-6,11H,7-10,15H2,1H3,(H,16,18)(H,17,19);1H. The van der Waals surface area contributed by atoms with Gasteiger partial charge in [-0.1, -0.05) is 30.3 Å². The van der Waals surface area contributed by atoms with Gasteiger partial charge >= 0.3 is 0 Å². The van der Waals surface area contributed by atoms with Crippen LogP contribution in [-0.4, -0.2) is 37.6 Å². The van der Waals surface area contributed by atoms with Crippen LogP contribution in [0.1, 0.15) is 12.5 Å². The zero-order chi connectivity index (χ0) is 14.8. The van der Waals surface area contributed by atoms with Gasteiger partial charge in [0, 0.05) is 6.04 Å². The summed E-state index contributed by atoms with van der Waals surface area (Å²) in [6.45, 7) is 2.56. The Bertz CT molecular complexity index is 429. The summed E-state index contributed by atoms with van der Waals surface area (Å²) in [4.78, 5) is 22.4. The summed E-state index contributed by atoms with van der Waals surface area (Å²) in [6, 6.07) is 9.67. The predicted molar refractivity (Wildman–Crippen MR) is 83.0 cm³/mol. The van der Waals surface area contributed by atoms with E-state index in [-0.39, 0.29) is 43.4 Å². The number of ether oxygens (including phenoxy) is 1. The number of benzene rings is 1. The Morgan fingerprint density at radius 2 is 1.90 bits per heavy atom. The molecule has 1 rings (SSSR count). The van der Waals surface area contributed by atoms with Crippen molar-refractivity contribution in [3.8, 4) is 0 Å². The first-order chi connectivity index (χ1) is 9.61. The Morgan fingerprint density at radius 3 is 2.52 bits per heavy atom. The molecule has 1 unspecified atom stereocenters. The molecule has 0 saturated heterocycles. The third-order valence-corrected chi connectivity index (χ3v) is 2.52. The summed E-state index contributed by atoms with van der Waals surface area (Å²) < 4.78 is 5.51. The van der Waals surface area contributed by atoms with Gasteiger partial charge in [-0.3, -0.25) is 9.59 Å². The van der Waals surface area contributed by atoms with Gasteiger partial charge in [-0.2, -0.15) is 0 Å². The molecule has 0 aliphatic heterocycles. The first-order valence-electron chi connectivity index (χ1n) is 6.49. The summed E-state index contributed by atoms with van der Waals surface area (Å²) in [5, 5.41) is 5.13. The predicted octanol–water partition coefficient (Wildman–Crippen LogP) is 0.205. The number of carbonyl (C=O) groups is 2. The molecule has 0 saturated carbocycles. The van der Waals surface area contributed by atoms with E-state index in [1.54, 1.807) is 0 Å². The van der Waals surface area contributed by atoms with Gasteiger partial charge in [-0.15, -0.1) is 12.4 Å². The summed E-state index contributed by atoms with van der Waals surface area (Å²) in [6.07, 6.45) is 0. The minimum Gasteiger partial charge on any atom is -0.375 e. The molecule has 7 heteroatoms. The topological polar surface area (TPSA) is 93.5 Å². The van der Waals surface area contributed by atoms with Crippen molar-refractivity contribution in [1.82, 2.24) is 10.6 Å². The lowest BCUT2D eigenvalue weighted by Crippen LogP contribution is -2.43. The molecule has 0 radical (unpaired) electrons. The van der Waals surface area contributed by atoms with Crippen LogP contribution in [0.4, 0.5) is 0 Å². The van der Waals surface area contributed by atoms with Crippen LogP contribution < -0.4 is 16.4 Å². The maximum absolute atomic E-state index is 11.5. The molecule has 1 atom stereocenters. The normalized spacial score (nSPS) is 11.1. The third-order valence-electron chi connectivity index (χ3n) is 2.52. The number of carbonyl (C=O) groups excluding carboxylic acids is 2. The van der Waals surface area contributed by atoms with E-state index in [4.69, 9.17) is 10.5 Å². The number of rotatable bonds is 8. The van der Waals surface area contributed by atoms with Gasteiger partial charge in [-0.25, -0.2) is 0 Å². The average molecular weight is 316 g/mol. The van der Waals surface area contributed by atoms with Crippen molar-refractivity contribution in [2.24, 2.45) is 5.73 Å². The number of amides is 2. The van der Waals surface area contributed by atoms with Gasteiger partial charge in [0.2, 0.25) is 11.8 Å². The first kappa shape index (κ1) is 19.4. The molecule has 0 aliphatic rings. The second kappa shape index (κ2) is 11.1. The van der Waals surface area contributed by atoms with Crippen molar-refractivity contribution >= 4 is 24.2 Å². The Kier molecular flexibility index (Phi) is 10.2. The average Bonchev–Trinajstić information content (AvgIpc) is 2.45. The van der Waals surface area contributed by atoms with Crippen molar-refractivity contribution in [3.63, 3.8) is 0 Å². The van der Waals surface area contributed by atoms with Crippen LogP contribution in [-0.2, 0) is 20.9 Å². The molecule has 1 aromatic rings. The Labute approximate surface area is 130 Å². The Balaban J connectivity index is 0.00000400. The van der Waals surface area contributed by atoms with E-state index in [1.807, 2.05) is 37.3 Å². The molecule has 0 bridgehead atoms. The smallest absolute Gasteiger partial charge is 0.239 e. The molecule has 0 aromatic heterocycles. The van der Waals surface area contributed by atoms with Crippen molar-refractivity contribution in [3.05, 3.63) is 35.9 Å². The number of halogens is 1. The largest absolute Gasteiger partial charge is 0.375 e. The maximum atomic E-state index is 11.5. The van der Waals surface area contributed by atoms with Crippen LogP contribution in [0.25, 0.3) is 0 Å². The second-order valence-corrected chi connectivity index (χ2v) is 4.45. The van der Waals surface area contributed by atoms with Gasteiger partial charge in [-0.05, 0) is 12.5 Å². The summed E-state index contributed by atoms with van der Waals surface area (Å²) in [5.41, 5.74) is 6.20. The van der Waals surface area contributed by atoms with Crippen LogP contribution in [0.5, 0.6) is 0 Å². The highest BCUT2D eigenvalue weighted by atomic mass is 35.5. The fourth-order valence-electron chi connectivity index (χ4n) is 1.55. The van der Waals surface area contributed by atoms with E-state index >= 15 is 0 Å². The number of hydrogen-bond acceptors (Lipinski definition) is 4. The molecule has 2 amide bonds. The molecule has 118 valence electrons. The van der Waals surface area contributed by atoms with Crippen LogP contribution in [0, 0.1) is 0 Å². The lowest BCUT2D eigenvalue weighted by molar-refractivity contribution is -0.125. The van der Waals surface area contributed by atoms with Gasteiger partial charge in [0.05, 0.1) is 26.3 Å². The molecule has 0 aliphatic carbocycles. The van der Waals surface area contributed by atoms with E-state index in [2.05, 4.69) is 10.6 Å². The van der Waals surface area contributed by atoms with E-state index < -0.39 is 0 Å². The van der Waals surface area contributed by atoms with Crippen molar-refractivity contribution in [2.45, 2.75) is 19.6 Å². The van der Waals surface area contributed by atoms with E-state index in [0.717, 1.165) is 5.56 Å². The number of nitrogens with one attached hydrogen (secondary N) is 2. The van der Waals surface area contributed by atoms with Gasteiger partial charge < -0.3 is 21.1 Å². The van der Waals surface area contributed by atoms with Crippen LogP contribution >= 0.6 is 12.4 Å².